The second-order valence-electron chi connectivity index (χ2n) is 6.98. The van der Waals surface area contributed by atoms with E-state index in [4.69, 9.17) is 4.74 Å². The Morgan fingerprint density at radius 1 is 1.25 bits per heavy atom. The first kappa shape index (κ1) is 22.3. The Hall–Kier alpha value is -1.96. The van der Waals surface area contributed by atoms with Crippen molar-refractivity contribution < 1.29 is 9.53 Å². The molecular weight excluding hydrogens is 378 g/mol. The largest absolute Gasteiger partial charge is 0.385 e. The number of piperidine rings is 1. The van der Waals surface area contributed by atoms with Crippen molar-refractivity contribution in [1.29, 1.82) is 0 Å². The van der Waals surface area contributed by atoms with Gasteiger partial charge in [0.1, 0.15) is 0 Å². The molecule has 28 heavy (non-hydrogen) atoms. The second-order valence-corrected chi connectivity index (χ2v) is 6.98. The third-order valence-corrected chi connectivity index (χ3v) is 4.94. The lowest BCUT2D eigenvalue weighted by Crippen LogP contribution is -2.32. The molecule has 0 unspecified atom stereocenters. The van der Waals surface area contributed by atoms with Crippen molar-refractivity contribution >= 4 is 18.3 Å². The van der Waals surface area contributed by atoms with Crippen LogP contribution in [0, 0.1) is 0 Å². The highest BCUT2D eigenvalue weighted by Crippen LogP contribution is 2.18. The minimum absolute atomic E-state index is 0. The van der Waals surface area contributed by atoms with Crippen molar-refractivity contribution in [1.82, 2.24) is 25.2 Å². The number of hydrogen-bond donors (Lipinski definition) is 1. The van der Waals surface area contributed by atoms with E-state index in [9.17, 15) is 4.79 Å². The summed E-state index contributed by atoms with van der Waals surface area (Å²) in [6.45, 7) is 3.92. The molecule has 0 spiro atoms. The molecule has 7 nitrogen and oxygen atoms in total. The Morgan fingerprint density at radius 2 is 2.00 bits per heavy atom. The number of aromatic nitrogens is 3. The summed E-state index contributed by atoms with van der Waals surface area (Å²) < 4.78 is 6.98. The predicted molar refractivity (Wildman–Crippen MR) is 111 cm³/mol. The molecule has 1 amide bonds. The summed E-state index contributed by atoms with van der Waals surface area (Å²) in [6.07, 6.45) is 5.67. The van der Waals surface area contributed by atoms with Gasteiger partial charge >= 0.3 is 0 Å². The van der Waals surface area contributed by atoms with Gasteiger partial charge in [0.15, 0.2) is 5.69 Å². The summed E-state index contributed by atoms with van der Waals surface area (Å²) in [5.41, 5.74) is 1.54. The van der Waals surface area contributed by atoms with Crippen molar-refractivity contribution in [3.63, 3.8) is 0 Å². The normalized spacial score (nSPS) is 14.5. The van der Waals surface area contributed by atoms with Gasteiger partial charge in [0.25, 0.3) is 5.91 Å². The number of nitrogens with zero attached hydrogens (tertiary/aromatic N) is 4. The van der Waals surface area contributed by atoms with Gasteiger partial charge in [-0.15, -0.1) is 17.5 Å². The van der Waals surface area contributed by atoms with Gasteiger partial charge in [-0.1, -0.05) is 35.5 Å². The van der Waals surface area contributed by atoms with E-state index in [0.717, 1.165) is 44.3 Å². The van der Waals surface area contributed by atoms with Crippen molar-refractivity contribution in [3.05, 3.63) is 47.8 Å². The number of amides is 1. The number of ether oxygens (including phenoxy) is 1. The van der Waals surface area contributed by atoms with E-state index in [1.54, 1.807) is 7.11 Å². The summed E-state index contributed by atoms with van der Waals surface area (Å²) in [6, 6.07) is 10.4. The van der Waals surface area contributed by atoms with E-state index < -0.39 is 0 Å². The van der Waals surface area contributed by atoms with Gasteiger partial charge < -0.3 is 15.0 Å². The van der Waals surface area contributed by atoms with Gasteiger partial charge in [-0.3, -0.25) is 4.79 Å². The van der Waals surface area contributed by atoms with E-state index in [0.29, 0.717) is 31.4 Å². The number of benzene rings is 1. The Balaban J connectivity index is 0.00000280. The Labute approximate surface area is 172 Å². The first-order valence-electron chi connectivity index (χ1n) is 9.72. The van der Waals surface area contributed by atoms with Crippen LogP contribution in [-0.2, 0) is 11.3 Å². The van der Waals surface area contributed by atoms with Gasteiger partial charge in [0.05, 0.1) is 12.2 Å². The van der Waals surface area contributed by atoms with E-state index in [2.05, 4.69) is 15.6 Å². The molecule has 0 bridgehead atoms. The predicted octanol–water partition coefficient (Wildman–Crippen LogP) is 2.69. The smallest absolute Gasteiger partial charge is 0.276 e. The lowest BCUT2D eigenvalue weighted by Gasteiger charge is -2.23. The van der Waals surface area contributed by atoms with Crippen LogP contribution in [0.15, 0.2) is 36.5 Å². The Bertz CT molecular complexity index is 704. The lowest BCUT2D eigenvalue weighted by molar-refractivity contribution is 0.0729. The molecule has 1 aliphatic rings. The fourth-order valence-electron chi connectivity index (χ4n) is 3.39. The van der Waals surface area contributed by atoms with E-state index in [1.165, 1.54) is 0 Å². The zero-order valence-electron chi connectivity index (χ0n) is 16.4. The molecule has 0 radical (unpaired) electrons. The molecule has 2 aromatic rings. The molecule has 0 aliphatic carbocycles. The van der Waals surface area contributed by atoms with Crippen molar-refractivity contribution in [3.8, 4) is 0 Å². The number of carbonyl (C=O) groups is 1. The van der Waals surface area contributed by atoms with Crippen LogP contribution in [0.3, 0.4) is 0 Å². The molecule has 1 aromatic carbocycles. The highest BCUT2D eigenvalue weighted by atomic mass is 35.5. The summed E-state index contributed by atoms with van der Waals surface area (Å²) in [5.74, 6) is -0.0588. The number of rotatable bonds is 9. The molecular formula is C20H30ClN5O2. The summed E-state index contributed by atoms with van der Waals surface area (Å²) in [5, 5.41) is 11.8. The lowest BCUT2D eigenvalue weighted by atomic mass is 10.1. The molecule has 0 saturated carbocycles. The Kier molecular flexibility index (Phi) is 9.40. The topological polar surface area (TPSA) is 72.3 Å². The molecule has 8 heteroatoms. The zero-order valence-corrected chi connectivity index (χ0v) is 17.2. The van der Waals surface area contributed by atoms with Gasteiger partial charge in [0.2, 0.25) is 0 Å². The van der Waals surface area contributed by atoms with E-state index in [1.807, 2.05) is 46.1 Å². The van der Waals surface area contributed by atoms with Crippen LogP contribution >= 0.6 is 12.4 Å². The number of nitrogens with one attached hydrogen (secondary N) is 1. The number of unbranched alkanes of at least 4 members (excludes halogenated alkanes) is 1. The molecule has 3 rings (SSSR count). The average Bonchev–Trinajstić information content (AvgIpc) is 3.21. The first-order valence-corrected chi connectivity index (χ1v) is 9.72. The zero-order chi connectivity index (χ0) is 18.9. The monoisotopic (exact) mass is 407 g/mol. The quantitative estimate of drug-likeness (QED) is 0.647. The van der Waals surface area contributed by atoms with Crippen LogP contribution in [0.5, 0.6) is 0 Å². The second kappa shape index (κ2) is 11.8. The number of methoxy groups -OCH3 is 1. The maximum Gasteiger partial charge on any atom is 0.276 e. The molecule has 0 atom stereocenters. The molecule has 1 aliphatic heterocycles. The van der Waals surface area contributed by atoms with Crippen LogP contribution in [0.25, 0.3) is 0 Å². The maximum absolute atomic E-state index is 13.1. The van der Waals surface area contributed by atoms with Crippen LogP contribution in [0.1, 0.15) is 47.8 Å². The first-order chi connectivity index (χ1) is 13.3. The van der Waals surface area contributed by atoms with Crippen molar-refractivity contribution in [2.45, 2.75) is 38.3 Å². The summed E-state index contributed by atoms with van der Waals surface area (Å²) in [4.78, 5) is 14.9. The highest BCUT2D eigenvalue weighted by molar-refractivity contribution is 5.91. The highest BCUT2D eigenvalue weighted by Gasteiger charge is 2.22. The molecule has 1 saturated heterocycles. The van der Waals surface area contributed by atoms with Crippen LogP contribution in [0.2, 0.25) is 0 Å². The van der Waals surface area contributed by atoms with E-state index in [-0.39, 0.29) is 18.3 Å². The molecule has 2 heterocycles. The number of carbonyl (C=O) groups excluding carboxylic acids is 1. The standard InChI is InChI=1S/C20H29N5O2.ClH/c1-27-14-6-5-13-24(15-17-7-3-2-4-8-17)20(26)19-16-25(23-22-19)18-9-11-21-12-10-18;/h2-4,7-8,16,18,21H,5-6,9-15H2,1H3;1H. The van der Waals surface area contributed by atoms with Crippen LogP contribution in [-0.4, -0.2) is 59.2 Å². The molecule has 1 aromatic heterocycles. The van der Waals surface area contributed by atoms with Gasteiger partial charge in [-0.2, -0.15) is 0 Å². The average molecular weight is 408 g/mol. The third-order valence-electron chi connectivity index (χ3n) is 4.94. The minimum atomic E-state index is -0.0588. The summed E-state index contributed by atoms with van der Waals surface area (Å²) in [7, 11) is 1.70. The van der Waals surface area contributed by atoms with Gasteiger partial charge in [-0.05, 0) is 44.3 Å². The Morgan fingerprint density at radius 3 is 2.71 bits per heavy atom. The van der Waals surface area contributed by atoms with Crippen LogP contribution in [0.4, 0.5) is 0 Å². The fraction of sp³-hybridized carbons (Fsp3) is 0.550. The van der Waals surface area contributed by atoms with Gasteiger partial charge in [0, 0.05) is 26.8 Å². The number of halogens is 1. The fourth-order valence-corrected chi connectivity index (χ4v) is 3.39. The number of hydrogen-bond acceptors (Lipinski definition) is 5. The molecule has 154 valence electrons. The maximum atomic E-state index is 13.1. The van der Waals surface area contributed by atoms with Crippen molar-refractivity contribution in [2.75, 3.05) is 33.4 Å². The van der Waals surface area contributed by atoms with Crippen LogP contribution < -0.4 is 5.32 Å². The third kappa shape index (κ3) is 6.29. The SMILES string of the molecule is COCCCCN(Cc1ccccc1)C(=O)c1cn(C2CCNCC2)nn1.Cl. The molecule has 1 N–H and O–H groups in total. The minimum Gasteiger partial charge on any atom is -0.385 e. The van der Waals surface area contributed by atoms with Crippen molar-refractivity contribution in [2.24, 2.45) is 0 Å². The van der Waals surface area contributed by atoms with E-state index >= 15 is 0 Å². The molecule has 1 fully saturated rings. The summed E-state index contributed by atoms with van der Waals surface area (Å²) >= 11 is 0. The van der Waals surface area contributed by atoms with Gasteiger partial charge in [-0.25, -0.2) is 4.68 Å².